The van der Waals surface area contributed by atoms with Gasteiger partial charge in [-0.15, -0.1) is 6.58 Å². The summed E-state index contributed by atoms with van der Waals surface area (Å²) in [5, 5.41) is 2.68. The number of benzene rings is 1. The van der Waals surface area contributed by atoms with Crippen LogP contribution in [0.2, 0.25) is 0 Å². The van der Waals surface area contributed by atoms with Crippen LogP contribution in [0.25, 0.3) is 0 Å². The summed E-state index contributed by atoms with van der Waals surface area (Å²) in [6.45, 7) is 3.97. The van der Waals surface area contributed by atoms with E-state index >= 15 is 0 Å². The highest BCUT2D eigenvalue weighted by molar-refractivity contribution is 9.10. The third-order valence-corrected chi connectivity index (χ3v) is 2.30. The second kappa shape index (κ2) is 4.81. The van der Waals surface area contributed by atoms with Crippen LogP contribution in [0.3, 0.4) is 0 Å². The van der Waals surface area contributed by atoms with E-state index in [0.29, 0.717) is 22.3 Å². The number of anilines is 1. The Morgan fingerprint density at radius 3 is 2.93 bits per heavy atom. The number of nitrogens with one attached hydrogen (secondary N) is 1. The lowest BCUT2D eigenvalue weighted by molar-refractivity contribution is 0.0957. The van der Waals surface area contributed by atoms with Gasteiger partial charge in [-0.1, -0.05) is 6.08 Å². The Morgan fingerprint density at radius 2 is 2.36 bits per heavy atom. The van der Waals surface area contributed by atoms with Gasteiger partial charge in [-0.25, -0.2) is 0 Å². The van der Waals surface area contributed by atoms with E-state index < -0.39 is 0 Å². The van der Waals surface area contributed by atoms with E-state index in [-0.39, 0.29) is 5.91 Å². The van der Waals surface area contributed by atoms with Crippen LogP contribution in [0.1, 0.15) is 10.4 Å². The van der Waals surface area contributed by atoms with Crippen molar-refractivity contribution < 1.29 is 4.79 Å². The Morgan fingerprint density at radius 1 is 1.64 bits per heavy atom. The lowest BCUT2D eigenvalue weighted by Gasteiger charge is -2.05. The molecule has 0 aliphatic carbocycles. The smallest absolute Gasteiger partial charge is 0.252 e. The van der Waals surface area contributed by atoms with Crippen LogP contribution in [0, 0.1) is 0 Å². The summed E-state index contributed by atoms with van der Waals surface area (Å²) in [6, 6.07) is 5.06. The molecule has 0 aliphatic heterocycles. The molecule has 1 aromatic rings. The Kier molecular flexibility index (Phi) is 3.71. The first-order valence-corrected chi connectivity index (χ1v) is 4.88. The van der Waals surface area contributed by atoms with Crippen molar-refractivity contribution in [1.29, 1.82) is 0 Å². The number of amides is 1. The van der Waals surface area contributed by atoms with Crippen LogP contribution < -0.4 is 11.1 Å². The fourth-order valence-electron chi connectivity index (χ4n) is 0.976. The fraction of sp³-hybridized carbons (Fsp3) is 0.100. The third kappa shape index (κ3) is 2.60. The highest BCUT2D eigenvalue weighted by Gasteiger charge is 2.08. The Hall–Kier alpha value is -1.29. The molecule has 0 spiro atoms. The highest BCUT2D eigenvalue weighted by atomic mass is 79.9. The molecule has 1 rings (SSSR count). The quantitative estimate of drug-likeness (QED) is 0.640. The number of rotatable bonds is 3. The first kappa shape index (κ1) is 10.8. The Labute approximate surface area is 91.1 Å². The van der Waals surface area contributed by atoms with Gasteiger partial charge in [-0.05, 0) is 34.1 Å². The van der Waals surface area contributed by atoms with Gasteiger partial charge in [0.1, 0.15) is 0 Å². The van der Waals surface area contributed by atoms with E-state index in [0.717, 1.165) is 0 Å². The van der Waals surface area contributed by atoms with Crippen LogP contribution in [-0.4, -0.2) is 12.5 Å². The first-order valence-electron chi connectivity index (χ1n) is 4.09. The molecule has 14 heavy (non-hydrogen) atoms. The van der Waals surface area contributed by atoms with Crippen molar-refractivity contribution >= 4 is 27.5 Å². The largest absolute Gasteiger partial charge is 0.399 e. The predicted octanol–water partition coefficient (Wildman–Crippen LogP) is 1.95. The van der Waals surface area contributed by atoms with Crippen molar-refractivity contribution in [3.8, 4) is 0 Å². The normalized spacial score (nSPS) is 9.50. The van der Waals surface area contributed by atoms with Crippen molar-refractivity contribution in [3.05, 3.63) is 40.9 Å². The highest BCUT2D eigenvalue weighted by Crippen LogP contribution is 2.19. The number of hydrogen-bond donors (Lipinski definition) is 2. The van der Waals surface area contributed by atoms with Crippen LogP contribution >= 0.6 is 15.9 Å². The third-order valence-electron chi connectivity index (χ3n) is 1.64. The summed E-state index contributed by atoms with van der Waals surface area (Å²) in [5.41, 5.74) is 6.74. The summed E-state index contributed by atoms with van der Waals surface area (Å²) in [7, 11) is 0. The monoisotopic (exact) mass is 254 g/mol. The van der Waals surface area contributed by atoms with Gasteiger partial charge < -0.3 is 11.1 Å². The summed E-state index contributed by atoms with van der Waals surface area (Å²) in [4.78, 5) is 11.5. The molecule has 0 bridgehead atoms. The molecule has 0 atom stereocenters. The average molecular weight is 255 g/mol. The molecule has 4 heteroatoms. The van der Waals surface area contributed by atoms with Crippen LogP contribution in [0.15, 0.2) is 35.3 Å². The van der Waals surface area contributed by atoms with Crippen molar-refractivity contribution in [2.24, 2.45) is 0 Å². The van der Waals surface area contributed by atoms with Crippen molar-refractivity contribution in [2.75, 3.05) is 12.3 Å². The maximum Gasteiger partial charge on any atom is 0.252 e. The number of nitrogens with two attached hydrogens (primary N) is 1. The van der Waals surface area contributed by atoms with Gasteiger partial charge in [0, 0.05) is 16.7 Å². The molecular formula is C10H11BrN2O. The zero-order valence-electron chi connectivity index (χ0n) is 7.59. The van der Waals surface area contributed by atoms with Crippen LogP contribution in [0.5, 0.6) is 0 Å². The number of halogens is 1. The Bertz CT molecular complexity index is 363. The molecule has 0 aromatic heterocycles. The zero-order valence-corrected chi connectivity index (χ0v) is 9.17. The maximum absolute atomic E-state index is 11.5. The molecule has 1 aromatic carbocycles. The number of carbonyl (C=O) groups excluding carboxylic acids is 1. The van der Waals surface area contributed by atoms with Crippen molar-refractivity contribution in [3.63, 3.8) is 0 Å². The van der Waals surface area contributed by atoms with Crippen LogP contribution in [-0.2, 0) is 0 Å². The fourth-order valence-corrected chi connectivity index (χ4v) is 1.55. The molecule has 0 unspecified atom stereocenters. The minimum Gasteiger partial charge on any atom is -0.399 e. The van der Waals surface area contributed by atoms with Gasteiger partial charge in [-0.3, -0.25) is 4.79 Å². The van der Waals surface area contributed by atoms with Gasteiger partial charge in [0.15, 0.2) is 0 Å². The number of carbonyl (C=O) groups is 1. The molecular weight excluding hydrogens is 244 g/mol. The van der Waals surface area contributed by atoms with Gasteiger partial charge in [0.2, 0.25) is 0 Å². The maximum atomic E-state index is 11.5. The van der Waals surface area contributed by atoms with Crippen molar-refractivity contribution in [1.82, 2.24) is 5.32 Å². The number of nitrogen functional groups attached to an aromatic ring is 1. The summed E-state index contributed by atoms with van der Waals surface area (Å²) in [5.74, 6) is -0.142. The standard InChI is InChI=1S/C10H11BrN2O/c1-2-5-13-10(14)8-4-3-7(12)6-9(8)11/h2-4,6H,1,5,12H2,(H,13,14). The first-order chi connectivity index (χ1) is 6.65. The predicted molar refractivity (Wildman–Crippen MR) is 61.1 cm³/mol. The summed E-state index contributed by atoms with van der Waals surface area (Å²) < 4.78 is 0.694. The lowest BCUT2D eigenvalue weighted by Crippen LogP contribution is -2.23. The molecule has 3 N–H and O–H groups in total. The average Bonchev–Trinajstić information content (AvgIpc) is 2.14. The van der Waals surface area contributed by atoms with E-state index in [4.69, 9.17) is 5.73 Å². The van der Waals surface area contributed by atoms with E-state index in [1.165, 1.54) is 0 Å². The molecule has 1 amide bonds. The molecule has 74 valence electrons. The SMILES string of the molecule is C=CCNC(=O)c1ccc(N)cc1Br. The van der Waals surface area contributed by atoms with Gasteiger partial charge in [0.25, 0.3) is 5.91 Å². The minimum absolute atomic E-state index is 0.142. The van der Waals surface area contributed by atoms with Crippen molar-refractivity contribution in [2.45, 2.75) is 0 Å². The summed E-state index contributed by atoms with van der Waals surface area (Å²) in [6.07, 6.45) is 1.63. The molecule has 0 radical (unpaired) electrons. The molecule has 0 fully saturated rings. The van der Waals surface area contributed by atoms with E-state index in [9.17, 15) is 4.79 Å². The second-order valence-electron chi connectivity index (χ2n) is 2.74. The molecule has 0 aliphatic rings. The minimum atomic E-state index is -0.142. The topological polar surface area (TPSA) is 55.1 Å². The number of hydrogen-bond acceptors (Lipinski definition) is 2. The molecule has 3 nitrogen and oxygen atoms in total. The van der Waals surface area contributed by atoms with Gasteiger partial charge in [0.05, 0.1) is 5.56 Å². The molecule has 0 saturated carbocycles. The van der Waals surface area contributed by atoms with Crippen LogP contribution in [0.4, 0.5) is 5.69 Å². The van der Waals surface area contributed by atoms with Gasteiger partial charge >= 0.3 is 0 Å². The summed E-state index contributed by atoms with van der Waals surface area (Å²) >= 11 is 3.27. The molecule has 0 heterocycles. The van der Waals surface area contributed by atoms with Gasteiger partial charge in [-0.2, -0.15) is 0 Å². The zero-order chi connectivity index (χ0) is 10.6. The van der Waals surface area contributed by atoms with E-state index in [1.807, 2.05) is 0 Å². The molecule has 0 saturated heterocycles. The van der Waals surface area contributed by atoms with E-state index in [1.54, 1.807) is 24.3 Å². The Balaban J connectivity index is 2.84. The second-order valence-corrected chi connectivity index (χ2v) is 3.59. The lowest BCUT2D eigenvalue weighted by atomic mass is 10.2. The van der Waals surface area contributed by atoms with E-state index in [2.05, 4.69) is 27.8 Å².